The molecular weight excluding hydrogens is 527 g/mol. The van der Waals surface area contributed by atoms with E-state index < -0.39 is 21.7 Å². The molecule has 0 spiro atoms. The van der Waals surface area contributed by atoms with Crippen molar-refractivity contribution in [2.45, 2.75) is 27.7 Å². The van der Waals surface area contributed by atoms with Crippen LogP contribution in [0.3, 0.4) is 0 Å². The van der Waals surface area contributed by atoms with Crippen LogP contribution in [-0.4, -0.2) is 67.5 Å². The number of amides is 1. The van der Waals surface area contributed by atoms with E-state index in [4.69, 9.17) is 4.74 Å². The first kappa shape index (κ1) is 29.5. The monoisotopic (exact) mass is 560 g/mol. The lowest BCUT2D eigenvalue weighted by atomic mass is 10.2. The van der Waals surface area contributed by atoms with Crippen LogP contribution in [-0.2, 0) is 14.8 Å². The van der Waals surface area contributed by atoms with Crippen LogP contribution in [0.2, 0.25) is 0 Å². The van der Waals surface area contributed by atoms with Crippen molar-refractivity contribution < 1.29 is 22.3 Å². The van der Waals surface area contributed by atoms with E-state index in [1.807, 2.05) is 19.9 Å². The molecule has 0 aliphatic rings. The third-order valence-corrected chi connectivity index (χ3v) is 7.85. The lowest BCUT2D eigenvalue weighted by Gasteiger charge is -2.21. The summed E-state index contributed by atoms with van der Waals surface area (Å²) in [4.78, 5) is 19.9. The van der Waals surface area contributed by atoms with Gasteiger partial charge in [0.2, 0.25) is 15.9 Å². The number of fused-ring (bicyclic) bond motifs is 1. The Morgan fingerprint density at radius 3 is 2.55 bits per heavy atom. The highest BCUT2D eigenvalue weighted by Crippen LogP contribution is 2.35. The normalized spacial score (nSPS) is 11.7. The molecule has 0 bridgehead atoms. The van der Waals surface area contributed by atoms with Crippen LogP contribution in [0.15, 0.2) is 36.5 Å². The predicted octanol–water partition coefficient (Wildman–Crippen LogP) is 4.78. The molecule has 38 heavy (non-hydrogen) atoms. The molecule has 1 amide bonds. The van der Waals surface area contributed by atoms with Crippen molar-refractivity contribution in [3.63, 3.8) is 0 Å². The standard InChI is InChI=1S/C27H33FN4O4S2/c1-6-31(7-2)14-8-9-21-16-23-27(37-21)25(12-13-29-23)36-24-11-10-20(15-22(24)28)30-26(33)18-32(17-19(3)4)38(5,34)35/h10-13,15-16,19H,6-7,14,17-18H2,1-5H3,(H,30,33). The second-order valence-corrected chi connectivity index (χ2v) is 12.2. The van der Waals surface area contributed by atoms with Crippen LogP contribution >= 0.6 is 11.3 Å². The van der Waals surface area contributed by atoms with Gasteiger partial charge in [0, 0.05) is 30.6 Å². The number of ether oxygens (including phenoxy) is 1. The zero-order chi connectivity index (χ0) is 27.9. The van der Waals surface area contributed by atoms with Gasteiger partial charge in [-0.15, -0.1) is 11.3 Å². The number of thiophene rings is 1. The van der Waals surface area contributed by atoms with Crippen LogP contribution < -0.4 is 10.1 Å². The number of anilines is 1. The second kappa shape index (κ2) is 13.2. The minimum Gasteiger partial charge on any atom is -0.453 e. The molecule has 2 heterocycles. The second-order valence-electron chi connectivity index (χ2n) is 9.14. The number of nitrogens with zero attached hydrogens (tertiary/aromatic N) is 3. The minimum absolute atomic E-state index is 0.0179. The number of sulfonamides is 1. The summed E-state index contributed by atoms with van der Waals surface area (Å²) in [6.07, 6.45) is 2.65. The fourth-order valence-corrected chi connectivity index (χ4v) is 5.47. The number of nitrogens with one attached hydrogen (secondary N) is 1. The van der Waals surface area contributed by atoms with E-state index in [1.54, 1.807) is 12.3 Å². The average molecular weight is 561 g/mol. The number of aromatic nitrogens is 1. The Morgan fingerprint density at radius 2 is 1.92 bits per heavy atom. The molecule has 3 rings (SSSR count). The van der Waals surface area contributed by atoms with Gasteiger partial charge >= 0.3 is 0 Å². The van der Waals surface area contributed by atoms with Crippen molar-refractivity contribution in [2.24, 2.45) is 5.92 Å². The van der Waals surface area contributed by atoms with Gasteiger partial charge in [-0.2, -0.15) is 4.31 Å². The van der Waals surface area contributed by atoms with Crippen molar-refractivity contribution in [1.82, 2.24) is 14.2 Å². The molecule has 8 nitrogen and oxygen atoms in total. The molecule has 11 heteroatoms. The number of hydrogen-bond donors (Lipinski definition) is 1. The first-order chi connectivity index (χ1) is 18.0. The summed E-state index contributed by atoms with van der Waals surface area (Å²) in [5, 5.41) is 2.55. The summed E-state index contributed by atoms with van der Waals surface area (Å²) in [5.41, 5.74) is 0.903. The van der Waals surface area contributed by atoms with Crippen molar-refractivity contribution in [3.05, 3.63) is 47.2 Å². The van der Waals surface area contributed by atoms with Crippen molar-refractivity contribution in [1.29, 1.82) is 0 Å². The highest BCUT2D eigenvalue weighted by molar-refractivity contribution is 7.88. The summed E-state index contributed by atoms with van der Waals surface area (Å²) < 4.78 is 46.6. The molecule has 2 aromatic heterocycles. The molecule has 3 aromatic rings. The Bertz CT molecular complexity index is 1440. The molecular formula is C27H33FN4O4S2. The maximum Gasteiger partial charge on any atom is 0.239 e. The Hall–Kier alpha value is -3.04. The Labute approximate surface area is 227 Å². The molecule has 0 aliphatic heterocycles. The summed E-state index contributed by atoms with van der Waals surface area (Å²) in [7, 11) is -3.56. The first-order valence-electron chi connectivity index (χ1n) is 12.3. The van der Waals surface area contributed by atoms with Crippen LogP contribution in [0.1, 0.15) is 32.6 Å². The molecule has 0 saturated carbocycles. The largest absolute Gasteiger partial charge is 0.453 e. The number of rotatable bonds is 11. The number of benzene rings is 1. The van der Waals surface area contributed by atoms with Crippen LogP contribution in [0.5, 0.6) is 11.5 Å². The Morgan fingerprint density at radius 1 is 1.18 bits per heavy atom. The van der Waals surface area contributed by atoms with Gasteiger partial charge in [-0.1, -0.05) is 39.5 Å². The van der Waals surface area contributed by atoms with E-state index in [2.05, 4.69) is 40.9 Å². The van der Waals surface area contributed by atoms with Crippen molar-refractivity contribution in [2.75, 3.05) is 44.3 Å². The van der Waals surface area contributed by atoms with Crippen molar-refractivity contribution >= 4 is 43.2 Å². The van der Waals surface area contributed by atoms with Gasteiger partial charge in [0.25, 0.3) is 0 Å². The number of carbonyl (C=O) groups is 1. The lowest BCUT2D eigenvalue weighted by Crippen LogP contribution is -2.39. The highest BCUT2D eigenvalue weighted by atomic mass is 32.2. The molecule has 1 aromatic carbocycles. The van der Waals surface area contributed by atoms with Gasteiger partial charge in [0.15, 0.2) is 11.6 Å². The van der Waals surface area contributed by atoms with E-state index >= 15 is 0 Å². The van der Waals surface area contributed by atoms with Crippen LogP contribution in [0.25, 0.3) is 10.2 Å². The van der Waals surface area contributed by atoms with Gasteiger partial charge in [-0.3, -0.25) is 14.7 Å². The summed E-state index contributed by atoms with van der Waals surface area (Å²) in [5.74, 6) is 5.59. The number of carbonyl (C=O) groups excluding carboxylic acids is 1. The summed E-state index contributed by atoms with van der Waals surface area (Å²) in [6, 6.07) is 7.60. The third kappa shape index (κ3) is 8.23. The number of halogens is 1. The maximum atomic E-state index is 14.9. The molecule has 0 unspecified atom stereocenters. The van der Waals surface area contributed by atoms with E-state index in [1.165, 1.54) is 23.5 Å². The number of pyridine rings is 1. The molecule has 1 N–H and O–H groups in total. The highest BCUT2D eigenvalue weighted by Gasteiger charge is 2.21. The van der Waals surface area contributed by atoms with E-state index in [-0.39, 0.29) is 30.4 Å². The van der Waals surface area contributed by atoms with Crippen LogP contribution in [0, 0.1) is 23.6 Å². The Balaban J connectivity index is 1.72. The fraction of sp³-hybridized carbons (Fsp3) is 0.407. The molecule has 0 aliphatic carbocycles. The van der Waals surface area contributed by atoms with Crippen molar-refractivity contribution in [3.8, 4) is 23.3 Å². The molecule has 0 saturated heterocycles. The van der Waals surface area contributed by atoms with Crippen LogP contribution in [0.4, 0.5) is 10.1 Å². The molecule has 0 radical (unpaired) electrons. The number of hydrogen-bond acceptors (Lipinski definition) is 7. The summed E-state index contributed by atoms with van der Waals surface area (Å²) in [6.45, 7) is 10.3. The van der Waals surface area contributed by atoms with Gasteiger partial charge in [-0.05, 0) is 37.2 Å². The minimum atomic E-state index is -3.56. The lowest BCUT2D eigenvalue weighted by molar-refractivity contribution is -0.116. The quantitative estimate of drug-likeness (QED) is 0.340. The SMILES string of the molecule is CCN(CC)CC#Cc1cc2nccc(Oc3ccc(NC(=O)CN(CC(C)C)S(C)(=O)=O)cc3F)c2s1. The first-order valence-corrected chi connectivity index (χ1v) is 15.0. The van der Waals surface area contributed by atoms with Gasteiger partial charge in [-0.25, -0.2) is 12.8 Å². The van der Waals surface area contributed by atoms with Gasteiger partial charge < -0.3 is 10.1 Å². The van der Waals surface area contributed by atoms with E-state index in [0.29, 0.717) is 17.8 Å². The summed E-state index contributed by atoms with van der Waals surface area (Å²) >= 11 is 1.43. The zero-order valence-electron chi connectivity index (χ0n) is 22.2. The van der Waals surface area contributed by atoms with E-state index in [0.717, 1.165) is 39.3 Å². The Kier molecular flexibility index (Phi) is 10.2. The zero-order valence-corrected chi connectivity index (χ0v) is 23.9. The third-order valence-electron chi connectivity index (χ3n) is 5.58. The van der Waals surface area contributed by atoms with Gasteiger partial charge in [0.05, 0.1) is 34.4 Å². The van der Waals surface area contributed by atoms with E-state index in [9.17, 15) is 17.6 Å². The average Bonchev–Trinajstić information content (AvgIpc) is 3.26. The predicted molar refractivity (Wildman–Crippen MR) is 151 cm³/mol. The molecule has 0 atom stereocenters. The maximum absolute atomic E-state index is 14.9. The molecule has 204 valence electrons. The van der Waals surface area contributed by atoms with Gasteiger partial charge in [0.1, 0.15) is 5.75 Å². The fourth-order valence-electron chi connectivity index (χ4n) is 3.61. The topological polar surface area (TPSA) is 91.8 Å². The smallest absolute Gasteiger partial charge is 0.239 e. The molecule has 0 fully saturated rings.